The molecule has 186 valence electrons. The molecule has 0 spiro atoms. The number of nitrogens with zero attached hydrogens (tertiary/aromatic N) is 1. The van der Waals surface area contributed by atoms with Crippen LogP contribution in [0.15, 0.2) is 48.5 Å². The number of ether oxygens (including phenoxy) is 2. The molecular weight excluding hydrogens is 448 g/mol. The number of carboxylic acid groups (broad SMARTS) is 1. The van der Waals surface area contributed by atoms with Gasteiger partial charge in [0.2, 0.25) is 5.91 Å². The molecule has 1 aliphatic heterocycles. The van der Waals surface area contributed by atoms with Crippen molar-refractivity contribution in [3.63, 3.8) is 0 Å². The molecule has 0 radical (unpaired) electrons. The maximum atomic E-state index is 12.7. The minimum absolute atomic E-state index is 0.0176. The highest BCUT2D eigenvalue weighted by Gasteiger charge is 2.41. The molecule has 2 aromatic carbocycles. The van der Waals surface area contributed by atoms with Crippen molar-refractivity contribution in [3.05, 3.63) is 59.7 Å². The van der Waals surface area contributed by atoms with E-state index in [-0.39, 0.29) is 50.5 Å². The first kappa shape index (κ1) is 24.7. The Balaban J connectivity index is 1.27. The molecule has 35 heavy (non-hydrogen) atoms. The van der Waals surface area contributed by atoms with Crippen LogP contribution >= 0.6 is 0 Å². The molecule has 1 aliphatic carbocycles. The van der Waals surface area contributed by atoms with E-state index in [0.717, 1.165) is 22.3 Å². The van der Waals surface area contributed by atoms with E-state index in [1.165, 1.54) is 4.90 Å². The summed E-state index contributed by atoms with van der Waals surface area (Å²) in [7, 11) is 0. The standard InChI is InChI=1S/C27H32N2O6/c1-27(2,3)35-17-14-23(25(31)32)29(15-17)24(30)12-13-28-26(33)34-16-22-20-10-6-4-8-18(20)19-9-5-7-11-21(19)22/h4-11,17,22-23H,12-16H2,1-3H3,(H,28,33)(H,31,32)/t17?,23-/m0/s1. The summed E-state index contributed by atoms with van der Waals surface area (Å²) in [6.45, 7) is 6.15. The van der Waals surface area contributed by atoms with E-state index in [0.29, 0.717) is 0 Å². The summed E-state index contributed by atoms with van der Waals surface area (Å²) in [4.78, 5) is 38.0. The van der Waals surface area contributed by atoms with Gasteiger partial charge in [-0.15, -0.1) is 0 Å². The van der Waals surface area contributed by atoms with Crippen LogP contribution in [0.3, 0.4) is 0 Å². The molecule has 2 atom stereocenters. The summed E-state index contributed by atoms with van der Waals surface area (Å²) >= 11 is 0. The van der Waals surface area contributed by atoms with Crippen LogP contribution in [-0.4, -0.2) is 65.4 Å². The number of hydrogen-bond donors (Lipinski definition) is 2. The number of carbonyl (C=O) groups is 3. The molecule has 2 N–H and O–H groups in total. The first-order chi connectivity index (χ1) is 16.6. The molecule has 1 fully saturated rings. The number of carbonyl (C=O) groups excluding carboxylic acids is 2. The maximum Gasteiger partial charge on any atom is 0.407 e. The highest BCUT2D eigenvalue weighted by molar-refractivity contribution is 5.85. The third-order valence-electron chi connectivity index (χ3n) is 6.34. The molecule has 0 saturated carbocycles. The molecule has 2 amide bonds. The van der Waals surface area contributed by atoms with E-state index in [1.54, 1.807) is 0 Å². The number of carboxylic acids is 1. The first-order valence-corrected chi connectivity index (χ1v) is 11.9. The Morgan fingerprint density at radius 3 is 2.20 bits per heavy atom. The molecule has 2 aromatic rings. The molecule has 0 aromatic heterocycles. The van der Waals surface area contributed by atoms with Crippen molar-refractivity contribution in [2.24, 2.45) is 0 Å². The van der Waals surface area contributed by atoms with Gasteiger partial charge in [0, 0.05) is 31.8 Å². The number of fused-ring (bicyclic) bond motifs is 3. The number of hydrogen-bond acceptors (Lipinski definition) is 5. The fourth-order valence-electron chi connectivity index (χ4n) is 4.96. The number of likely N-dealkylation sites (tertiary alicyclic amines) is 1. The second-order valence-corrected chi connectivity index (χ2v) is 9.99. The van der Waals surface area contributed by atoms with Crippen LogP contribution in [0.1, 0.15) is 50.7 Å². The van der Waals surface area contributed by atoms with Gasteiger partial charge in [0.25, 0.3) is 0 Å². The highest BCUT2D eigenvalue weighted by atomic mass is 16.5. The Bertz CT molecular complexity index is 1060. The van der Waals surface area contributed by atoms with Crippen LogP contribution in [0.4, 0.5) is 4.79 Å². The third kappa shape index (κ3) is 5.65. The van der Waals surface area contributed by atoms with E-state index >= 15 is 0 Å². The fourth-order valence-corrected chi connectivity index (χ4v) is 4.96. The van der Waals surface area contributed by atoms with Crippen LogP contribution in [-0.2, 0) is 19.1 Å². The highest BCUT2D eigenvalue weighted by Crippen LogP contribution is 2.44. The lowest BCUT2D eigenvalue weighted by atomic mass is 9.98. The number of rotatable bonds is 7. The van der Waals surface area contributed by atoms with Crippen molar-refractivity contribution in [1.82, 2.24) is 10.2 Å². The summed E-state index contributed by atoms with van der Waals surface area (Å²) < 4.78 is 11.4. The van der Waals surface area contributed by atoms with E-state index in [4.69, 9.17) is 9.47 Å². The van der Waals surface area contributed by atoms with E-state index in [2.05, 4.69) is 17.4 Å². The Hall–Kier alpha value is -3.39. The van der Waals surface area contributed by atoms with E-state index in [9.17, 15) is 19.5 Å². The zero-order valence-electron chi connectivity index (χ0n) is 20.3. The van der Waals surface area contributed by atoms with Crippen LogP contribution in [0.25, 0.3) is 11.1 Å². The van der Waals surface area contributed by atoms with Gasteiger partial charge in [0.05, 0.1) is 11.7 Å². The molecule has 1 unspecified atom stereocenters. The number of nitrogens with one attached hydrogen (secondary N) is 1. The molecule has 1 saturated heterocycles. The monoisotopic (exact) mass is 480 g/mol. The maximum absolute atomic E-state index is 12.7. The van der Waals surface area contributed by atoms with Crippen molar-refractivity contribution in [2.45, 2.75) is 57.3 Å². The number of amides is 2. The summed E-state index contributed by atoms with van der Waals surface area (Å²) in [5.74, 6) is -1.44. The van der Waals surface area contributed by atoms with Gasteiger partial charge >= 0.3 is 12.1 Å². The Morgan fingerprint density at radius 2 is 1.63 bits per heavy atom. The summed E-state index contributed by atoms with van der Waals surface area (Å²) in [5, 5.41) is 12.2. The fraction of sp³-hybridized carbons (Fsp3) is 0.444. The molecule has 8 heteroatoms. The lowest BCUT2D eigenvalue weighted by Crippen LogP contribution is -2.42. The van der Waals surface area contributed by atoms with E-state index < -0.39 is 23.7 Å². The largest absolute Gasteiger partial charge is 0.480 e. The van der Waals surface area contributed by atoms with Crippen molar-refractivity contribution >= 4 is 18.0 Å². The average molecular weight is 481 g/mol. The number of alkyl carbamates (subject to hydrolysis) is 1. The van der Waals surface area contributed by atoms with Crippen molar-refractivity contribution in [1.29, 1.82) is 0 Å². The molecule has 1 heterocycles. The summed E-state index contributed by atoms with van der Waals surface area (Å²) in [6.07, 6.45) is -0.714. The van der Waals surface area contributed by atoms with Crippen LogP contribution in [0, 0.1) is 0 Å². The van der Waals surface area contributed by atoms with Gasteiger partial charge in [-0.3, -0.25) is 4.79 Å². The minimum atomic E-state index is -1.05. The lowest BCUT2D eigenvalue weighted by Gasteiger charge is -2.25. The normalized spacial score (nSPS) is 19.2. The van der Waals surface area contributed by atoms with Gasteiger partial charge in [-0.05, 0) is 43.0 Å². The number of benzene rings is 2. The van der Waals surface area contributed by atoms with Crippen LogP contribution < -0.4 is 5.32 Å². The Labute approximate surface area is 205 Å². The van der Waals surface area contributed by atoms with Crippen molar-refractivity contribution in [3.8, 4) is 11.1 Å². The van der Waals surface area contributed by atoms with Crippen LogP contribution in [0.2, 0.25) is 0 Å². The zero-order valence-corrected chi connectivity index (χ0v) is 20.3. The first-order valence-electron chi connectivity index (χ1n) is 11.9. The van der Waals surface area contributed by atoms with E-state index in [1.807, 2.05) is 57.2 Å². The second-order valence-electron chi connectivity index (χ2n) is 9.99. The summed E-state index contributed by atoms with van der Waals surface area (Å²) in [6, 6.07) is 15.2. The smallest absolute Gasteiger partial charge is 0.407 e. The van der Waals surface area contributed by atoms with Gasteiger partial charge in [-0.2, -0.15) is 0 Å². The number of aliphatic carboxylic acids is 1. The third-order valence-corrected chi connectivity index (χ3v) is 6.34. The lowest BCUT2D eigenvalue weighted by molar-refractivity contribution is -0.148. The average Bonchev–Trinajstić information content (AvgIpc) is 3.36. The molecule has 0 bridgehead atoms. The van der Waals surface area contributed by atoms with Gasteiger partial charge < -0.3 is 24.8 Å². The molecule has 4 rings (SSSR count). The summed E-state index contributed by atoms with van der Waals surface area (Å²) in [5.41, 5.74) is 4.11. The van der Waals surface area contributed by atoms with Gasteiger partial charge in [-0.25, -0.2) is 9.59 Å². The Morgan fingerprint density at radius 1 is 1.03 bits per heavy atom. The van der Waals surface area contributed by atoms with Gasteiger partial charge in [0.1, 0.15) is 12.6 Å². The van der Waals surface area contributed by atoms with Crippen molar-refractivity contribution < 1.29 is 29.0 Å². The zero-order chi connectivity index (χ0) is 25.2. The second kappa shape index (κ2) is 10.1. The van der Waals surface area contributed by atoms with Crippen LogP contribution in [0.5, 0.6) is 0 Å². The SMILES string of the molecule is CC(C)(C)OC1C[C@@H](C(=O)O)N(C(=O)CCNC(=O)OCC2c3ccccc3-c3ccccc32)C1. The topological polar surface area (TPSA) is 105 Å². The predicted octanol–water partition coefficient (Wildman–Crippen LogP) is 3.78. The van der Waals surface area contributed by atoms with Gasteiger partial charge in [-0.1, -0.05) is 48.5 Å². The molecular formula is C27H32N2O6. The molecule has 2 aliphatic rings. The van der Waals surface area contributed by atoms with Gasteiger partial charge in [0.15, 0.2) is 0 Å². The van der Waals surface area contributed by atoms with Crippen molar-refractivity contribution in [2.75, 3.05) is 19.7 Å². The quantitative estimate of drug-likeness (QED) is 0.625. The predicted molar refractivity (Wildman–Crippen MR) is 130 cm³/mol. The molecule has 8 nitrogen and oxygen atoms in total. The Kier molecular flexibility index (Phi) is 7.12. The minimum Gasteiger partial charge on any atom is -0.480 e.